The van der Waals surface area contributed by atoms with Gasteiger partial charge in [-0.3, -0.25) is 0 Å². The second-order valence-corrected chi connectivity index (χ2v) is 3.55. The van der Waals surface area contributed by atoms with Gasteiger partial charge in [-0.25, -0.2) is 14.8 Å². The summed E-state index contributed by atoms with van der Waals surface area (Å²) in [6, 6.07) is 2.11. The van der Waals surface area contributed by atoms with Crippen LogP contribution in [-0.2, 0) is 4.74 Å². The molecule has 0 amide bonds. The molecule has 1 aliphatic carbocycles. The molecular weight excluding hydrogens is 194 g/mol. The first-order chi connectivity index (χ1) is 7.29. The maximum absolute atomic E-state index is 11.2. The van der Waals surface area contributed by atoms with Gasteiger partial charge in [-0.2, -0.15) is 0 Å². The Kier molecular flexibility index (Phi) is 2.80. The molecule has 1 aromatic rings. The highest BCUT2D eigenvalue weighted by Gasteiger charge is 2.18. The number of methoxy groups -OCH3 is 1. The molecule has 0 unspecified atom stereocenters. The van der Waals surface area contributed by atoms with Crippen LogP contribution in [0, 0.1) is 0 Å². The van der Waals surface area contributed by atoms with Crippen LogP contribution in [0.2, 0.25) is 0 Å². The van der Waals surface area contributed by atoms with Gasteiger partial charge in [-0.15, -0.1) is 0 Å². The van der Waals surface area contributed by atoms with Crippen LogP contribution in [-0.4, -0.2) is 29.1 Å². The van der Waals surface area contributed by atoms with Crippen molar-refractivity contribution < 1.29 is 9.53 Å². The number of nitrogens with zero attached hydrogens (tertiary/aromatic N) is 2. The molecular formula is C10H13N3O2. The standard InChI is InChI=1S/C10H13N3O2/c1-15-10(14)8-5-9(12-6-11-8)13-7-3-2-4-7/h5-7H,2-4H2,1H3,(H,11,12,13). The molecule has 1 heterocycles. The van der Waals surface area contributed by atoms with Gasteiger partial charge in [0.05, 0.1) is 7.11 Å². The van der Waals surface area contributed by atoms with Crippen molar-refractivity contribution in [3.05, 3.63) is 18.1 Å². The number of anilines is 1. The van der Waals surface area contributed by atoms with Crippen molar-refractivity contribution in [3.63, 3.8) is 0 Å². The molecule has 15 heavy (non-hydrogen) atoms. The van der Waals surface area contributed by atoms with Crippen molar-refractivity contribution in [2.75, 3.05) is 12.4 Å². The highest BCUT2D eigenvalue weighted by atomic mass is 16.5. The van der Waals surface area contributed by atoms with Crippen molar-refractivity contribution in [2.45, 2.75) is 25.3 Å². The van der Waals surface area contributed by atoms with Gasteiger partial charge in [0.25, 0.3) is 0 Å². The van der Waals surface area contributed by atoms with E-state index in [1.165, 1.54) is 19.9 Å². The van der Waals surface area contributed by atoms with Gasteiger partial charge < -0.3 is 10.1 Å². The van der Waals surface area contributed by atoms with E-state index < -0.39 is 5.97 Å². The molecule has 0 bridgehead atoms. The predicted octanol–water partition coefficient (Wildman–Crippen LogP) is 1.23. The zero-order chi connectivity index (χ0) is 10.7. The number of esters is 1. The van der Waals surface area contributed by atoms with E-state index >= 15 is 0 Å². The summed E-state index contributed by atoms with van der Waals surface area (Å²) >= 11 is 0. The van der Waals surface area contributed by atoms with Crippen LogP contribution in [0.3, 0.4) is 0 Å². The van der Waals surface area contributed by atoms with E-state index in [4.69, 9.17) is 0 Å². The van der Waals surface area contributed by atoms with E-state index in [1.54, 1.807) is 6.07 Å². The quantitative estimate of drug-likeness (QED) is 0.755. The SMILES string of the molecule is COC(=O)c1cc(NC2CCC2)ncn1. The van der Waals surface area contributed by atoms with Crippen LogP contribution in [0.1, 0.15) is 29.8 Å². The molecule has 5 nitrogen and oxygen atoms in total. The molecule has 1 fully saturated rings. The van der Waals surface area contributed by atoms with Crippen molar-refractivity contribution in [2.24, 2.45) is 0 Å². The van der Waals surface area contributed by atoms with Crippen molar-refractivity contribution in [3.8, 4) is 0 Å². The summed E-state index contributed by atoms with van der Waals surface area (Å²) in [5.74, 6) is 0.254. The monoisotopic (exact) mass is 207 g/mol. The molecule has 1 saturated carbocycles. The summed E-state index contributed by atoms with van der Waals surface area (Å²) in [4.78, 5) is 19.1. The van der Waals surface area contributed by atoms with Crippen molar-refractivity contribution in [1.82, 2.24) is 9.97 Å². The molecule has 0 atom stereocenters. The van der Waals surface area contributed by atoms with Crippen LogP contribution in [0.15, 0.2) is 12.4 Å². The normalized spacial score (nSPS) is 15.5. The summed E-state index contributed by atoms with van der Waals surface area (Å²) in [7, 11) is 1.34. The zero-order valence-corrected chi connectivity index (χ0v) is 8.56. The summed E-state index contributed by atoms with van der Waals surface area (Å²) in [6.07, 6.45) is 4.95. The molecule has 0 aromatic carbocycles. The molecule has 0 saturated heterocycles. The lowest BCUT2D eigenvalue weighted by molar-refractivity contribution is 0.0594. The lowest BCUT2D eigenvalue weighted by Gasteiger charge is -2.26. The Labute approximate surface area is 87.9 Å². The molecule has 0 aliphatic heterocycles. The van der Waals surface area contributed by atoms with E-state index in [-0.39, 0.29) is 5.69 Å². The van der Waals surface area contributed by atoms with E-state index in [2.05, 4.69) is 20.0 Å². The third-order valence-electron chi connectivity index (χ3n) is 2.52. The number of rotatable bonds is 3. The number of hydrogen-bond donors (Lipinski definition) is 1. The molecule has 1 aromatic heterocycles. The molecule has 0 radical (unpaired) electrons. The highest BCUT2D eigenvalue weighted by Crippen LogP contribution is 2.22. The average Bonchev–Trinajstić information content (AvgIpc) is 2.23. The molecule has 2 rings (SSSR count). The van der Waals surface area contributed by atoms with Crippen LogP contribution in [0.25, 0.3) is 0 Å². The van der Waals surface area contributed by atoms with Gasteiger partial charge in [0.2, 0.25) is 0 Å². The third-order valence-corrected chi connectivity index (χ3v) is 2.52. The fraction of sp³-hybridized carbons (Fsp3) is 0.500. The van der Waals surface area contributed by atoms with Gasteiger partial charge in [0.1, 0.15) is 12.1 Å². The Bertz CT molecular complexity index is 363. The molecule has 1 N–H and O–H groups in total. The minimum absolute atomic E-state index is 0.286. The number of nitrogens with one attached hydrogen (secondary N) is 1. The lowest BCUT2D eigenvalue weighted by Crippen LogP contribution is -2.27. The Morgan fingerprint density at radius 1 is 1.53 bits per heavy atom. The molecule has 0 spiro atoms. The summed E-state index contributed by atoms with van der Waals surface area (Å²) in [5, 5.41) is 3.24. The smallest absolute Gasteiger partial charge is 0.356 e. The predicted molar refractivity (Wildman–Crippen MR) is 54.6 cm³/mol. The summed E-state index contributed by atoms with van der Waals surface area (Å²) in [6.45, 7) is 0. The van der Waals surface area contributed by atoms with Crippen LogP contribution in [0.4, 0.5) is 5.82 Å². The van der Waals surface area contributed by atoms with E-state index in [0.717, 1.165) is 12.8 Å². The topological polar surface area (TPSA) is 64.1 Å². The largest absolute Gasteiger partial charge is 0.464 e. The minimum Gasteiger partial charge on any atom is -0.464 e. The van der Waals surface area contributed by atoms with Gasteiger partial charge in [0, 0.05) is 12.1 Å². The minimum atomic E-state index is -0.436. The van der Waals surface area contributed by atoms with Gasteiger partial charge in [-0.1, -0.05) is 0 Å². The number of carbonyl (C=O) groups excluding carboxylic acids is 1. The van der Waals surface area contributed by atoms with Crippen LogP contribution < -0.4 is 5.32 Å². The maximum atomic E-state index is 11.2. The maximum Gasteiger partial charge on any atom is 0.356 e. The Hall–Kier alpha value is -1.65. The van der Waals surface area contributed by atoms with Gasteiger partial charge >= 0.3 is 5.97 Å². The van der Waals surface area contributed by atoms with Gasteiger partial charge in [0.15, 0.2) is 5.69 Å². The second-order valence-electron chi connectivity index (χ2n) is 3.55. The van der Waals surface area contributed by atoms with Crippen molar-refractivity contribution >= 4 is 11.8 Å². The highest BCUT2D eigenvalue weighted by molar-refractivity contribution is 5.87. The third kappa shape index (κ3) is 2.23. The molecule has 80 valence electrons. The summed E-state index contributed by atoms with van der Waals surface area (Å²) in [5.41, 5.74) is 0.286. The number of hydrogen-bond acceptors (Lipinski definition) is 5. The Morgan fingerprint density at radius 2 is 2.33 bits per heavy atom. The lowest BCUT2D eigenvalue weighted by atomic mass is 9.93. The van der Waals surface area contributed by atoms with Crippen molar-refractivity contribution in [1.29, 1.82) is 0 Å². The fourth-order valence-corrected chi connectivity index (χ4v) is 1.41. The summed E-state index contributed by atoms with van der Waals surface area (Å²) < 4.78 is 4.58. The average molecular weight is 207 g/mol. The first-order valence-electron chi connectivity index (χ1n) is 4.96. The van der Waals surface area contributed by atoms with E-state index in [9.17, 15) is 4.79 Å². The fourth-order valence-electron chi connectivity index (χ4n) is 1.41. The first-order valence-corrected chi connectivity index (χ1v) is 4.96. The number of ether oxygens (including phenoxy) is 1. The van der Waals surface area contributed by atoms with Crippen LogP contribution >= 0.6 is 0 Å². The Balaban J connectivity index is 2.07. The number of aromatic nitrogens is 2. The second kappa shape index (κ2) is 4.25. The van der Waals surface area contributed by atoms with E-state index in [0.29, 0.717) is 11.9 Å². The first kappa shape index (κ1) is 9.89. The molecule has 1 aliphatic rings. The molecule has 5 heteroatoms. The number of carbonyl (C=O) groups is 1. The van der Waals surface area contributed by atoms with Gasteiger partial charge in [-0.05, 0) is 19.3 Å². The Morgan fingerprint density at radius 3 is 2.93 bits per heavy atom. The zero-order valence-electron chi connectivity index (χ0n) is 8.56. The van der Waals surface area contributed by atoms with Crippen LogP contribution in [0.5, 0.6) is 0 Å². The van der Waals surface area contributed by atoms with E-state index in [1.807, 2.05) is 0 Å².